The zero-order chi connectivity index (χ0) is 13.3. The molecule has 0 bridgehead atoms. The number of aryl methyl sites for hydroxylation is 2. The van der Waals surface area contributed by atoms with Crippen LogP contribution in [0.3, 0.4) is 0 Å². The molecule has 0 aliphatic rings. The minimum Gasteiger partial charge on any atom is -0.394 e. The van der Waals surface area contributed by atoms with Gasteiger partial charge in [0.2, 0.25) is 0 Å². The van der Waals surface area contributed by atoms with Gasteiger partial charge in [-0.3, -0.25) is 4.68 Å². The lowest BCUT2D eigenvalue weighted by molar-refractivity contribution is 0.711. The van der Waals surface area contributed by atoms with Crippen LogP contribution in [-0.4, -0.2) is 24.5 Å². The number of rotatable bonds is 4. The Labute approximate surface area is 106 Å². The molecule has 18 heavy (non-hydrogen) atoms. The van der Waals surface area contributed by atoms with Gasteiger partial charge in [-0.05, 0) is 5.92 Å². The Morgan fingerprint density at radius 1 is 1.39 bits per heavy atom. The van der Waals surface area contributed by atoms with Gasteiger partial charge in [0.15, 0.2) is 5.82 Å². The number of nitrogen functional groups attached to an aromatic ring is 1. The maximum Gasteiger partial charge on any atom is 0.151 e. The van der Waals surface area contributed by atoms with Gasteiger partial charge in [0.25, 0.3) is 0 Å². The number of hydrogen-bond acceptors (Lipinski definition) is 5. The van der Waals surface area contributed by atoms with Crippen LogP contribution in [0, 0.1) is 0 Å². The van der Waals surface area contributed by atoms with Crippen LogP contribution >= 0.6 is 0 Å². The fourth-order valence-corrected chi connectivity index (χ4v) is 1.83. The highest BCUT2D eigenvalue weighted by molar-refractivity contribution is 5.65. The molecular formula is C11H19N7. The molecule has 3 N–H and O–H groups in total. The summed E-state index contributed by atoms with van der Waals surface area (Å²) in [6, 6.07) is 0. The fourth-order valence-electron chi connectivity index (χ4n) is 1.83. The van der Waals surface area contributed by atoms with E-state index in [4.69, 9.17) is 5.73 Å². The average molecular weight is 249 g/mol. The molecular weight excluding hydrogens is 230 g/mol. The molecule has 0 amide bonds. The topological polar surface area (TPSA) is 86.6 Å². The number of nitrogens with zero attached hydrogens (tertiary/aromatic N) is 5. The number of anilines is 2. The highest BCUT2D eigenvalue weighted by Crippen LogP contribution is 2.27. The van der Waals surface area contributed by atoms with Gasteiger partial charge < -0.3 is 15.6 Å². The molecule has 2 rings (SSSR count). The highest BCUT2D eigenvalue weighted by atomic mass is 15.3. The maximum absolute atomic E-state index is 6.09. The van der Waals surface area contributed by atoms with Gasteiger partial charge in [-0.1, -0.05) is 13.8 Å². The van der Waals surface area contributed by atoms with Crippen LogP contribution in [0.1, 0.15) is 31.3 Å². The zero-order valence-corrected chi connectivity index (χ0v) is 11.2. The Kier molecular flexibility index (Phi) is 3.22. The molecule has 0 saturated carbocycles. The molecule has 0 saturated heterocycles. The van der Waals surface area contributed by atoms with E-state index in [-0.39, 0.29) is 0 Å². The van der Waals surface area contributed by atoms with E-state index in [1.54, 1.807) is 11.0 Å². The molecule has 2 aromatic heterocycles. The van der Waals surface area contributed by atoms with Gasteiger partial charge in [-0.25, -0.2) is 0 Å². The van der Waals surface area contributed by atoms with Crippen LogP contribution in [0.5, 0.6) is 0 Å². The lowest BCUT2D eigenvalue weighted by Gasteiger charge is -2.07. The van der Waals surface area contributed by atoms with Crippen LogP contribution in [0.2, 0.25) is 0 Å². The second kappa shape index (κ2) is 4.67. The Morgan fingerprint density at radius 2 is 2.11 bits per heavy atom. The van der Waals surface area contributed by atoms with E-state index in [0.717, 1.165) is 17.3 Å². The third-order valence-corrected chi connectivity index (χ3v) is 2.88. The molecule has 0 aliphatic heterocycles. The molecule has 0 radical (unpaired) electrons. The summed E-state index contributed by atoms with van der Waals surface area (Å²) in [4.78, 5) is 0. The summed E-state index contributed by atoms with van der Waals surface area (Å²) in [6.45, 7) is 4.72. The second-order valence-electron chi connectivity index (χ2n) is 4.64. The summed E-state index contributed by atoms with van der Waals surface area (Å²) < 4.78 is 3.63. The Balaban J connectivity index is 2.17. The predicted octanol–water partition coefficient (Wildman–Crippen LogP) is 0.866. The van der Waals surface area contributed by atoms with Crippen molar-refractivity contribution in [1.29, 1.82) is 0 Å². The summed E-state index contributed by atoms with van der Waals surface area (Å²) in [5.74, 6) is 1.98. The van der Waals surface area contributed by atoms with E-state index in [0.29, 0.717) is 18.2 Å². The van der Waals surface area contributed by atoms with Gasteiger partial charge >= 0.3 is 0 Å². The van der Waals surface area contributed by atoms with Crippen LogP contribution in [-0.2, 0) is 20.6 Å². The third kappa shape index (κ3) is 2.15. The van der Waals surface area contributed by atoms with E-state index < -0.39 is 0 Å². The number of aromatic nitrogens is 5. The van der Waals surface area contributed by atoms with E-state index in [1.165, 1.54) is 0 Å². The minimum absolute atomic E-state index is 0.307. The molecule has 0 unspecified atom stereocenters. The Hall–Kier alpha value is -2.05. The van der Waals surface area contributed by atoms with Crippen LogP contribution < -0.4 is 11.1 Å². The van der Waals surface area contributed by atoms with Gasteiger partial charge in [-0.15, -0.1) is 10.2 Å². The summed E-state index contributed by atoms with van der Waals surface area (Å²) in [7, 11) is 3.78. The number of nitrogens with two attached hydrogens (primary N) is 1. The van der Waals surface area contributed by atoms with Crippen molar-refractivity contribution in [3.05, 3.63) is 17.8 Å². The molecule has 0 aliphatic carbocycles. The molecule has 0 atom stereocenters. The van der Waals surface area contributed by atoms with Crippen LogP contribution in [0.25, 0.3) is 0 Å². The first-order valence-electron chi connectivity index (χ1n) is 5.89. The molecule has 0 fully saturated rings. The molecule has 2 aromatic rings. The molecule has 0 spiro atoms. The first kappa shape index (κ1) is 12.4. The van der Waals surface area contributed by atoms with Crippen molar-refractivity contribution in [3.63, 3.8) is 0 Å². The van der Waals surface area contributed by atoms with Crippen LogP contribution in [0.15, 0.2) is 6.33 Å². The maximum atomic E-state index is 6.09. The molecule has 98 valence electrons. The Morgan fingerprint density at radius 3 is 2.61 bits per heavy atom. The molecule has 0 aromatic carbocycles. The fraction of sp³-hybridized carbons (Fsp3) is 0.545. The van der Waals surface area contributed by atoms with Crippen molar-refractivity contribution in [2.75, 3.05) is 11.1 Å². The van der Waals surface area contributed by atoms with Crippen molar-refractivity contribution in [2.24, 2.45) is 14.1 Å². The average Bonchev–Trinajstić information content (AvgIpc) is 2.82. The minimum atomic E-state index is 0.307. The van der Waals surface area contributed by atoms with Crippen molar-refractivity contribution in [2.45, 2.75) is 26.3 Å². The lowest BCUT2D eigenvalue weighted by atomic mass is 10.1. The second-order valence-corrected chi connectivity index (χ2v) is 4.64. The van der Waals surface area contributed by atoms with Crippen LogP contribution in [0.4, 0.5) is 11.5 Å². The smallest absolute Gasteiger partial charge is 0.151 e. The first-order chi connectivity index (χ1) is 8.50. The molecule has 2 heterocycles. The van der Waals surface area contributed by atoms with Gasteiger partial charge in [0.1, 0.15) is 12.1 Å². The van der Waals surface area contributed by atoms with Crippen molar-refractivity contribution in [3.8, 4) is 0 Å². The number of hydrogen-bond donors (Lipinski definition) is 2. The monoisotopic (exact) mass is 249 g/mol. The van der Waals surface area contributed by atoms with E-state index in [9.17, 15) is 0 Å². The Bertz CT molecular complexity index is 538. The van der Waals surface area contributed by atoms with Crippen molar-refractivity contribution >= 4 is 11.5 Å². The molecule has 7 nitrogen and oxygen atoms in total. The van der Waals surface area contributed by atoms with E-state index >= 15 is 0 Å². The summed E-state index contributed by atoms with van der Waals surface area (Å²) >= 11 is 0. The first-order valence-corrected chi connectivity index (χ1v) is 5.89. The van der Waals surface area contributed by atoms with E-state index in [1.807, 2.05) is 18.7 Å². The van der Waals surface area contributed by atoms with Gasteiger partial charge in [0.05, 0.1) is 17.9 Å². The highest BCUT2D eigenvalue weighted by Gasteiger charge is 2.15. The van der Waals surface area contributed by atoms with Gasteiger partial charge in [0, 0.05) is 14.1 Å². The summed E-state index contributed by atoms with van der Waals surface area (Å²) in [6.07, 6.45) is 1.67. The lowest BCUT2D eigenvalue weighted by Crippen LogP contribution is -2.09. The normalized spacial score (nSPS) is 11.2. The standard InChI is InChI=1S/C11H19N7/c1-7(2)10-9(12)11(18(4)16-10)13-5-8-15-14-6-17(8)3/h6-7,13H,5,12H2,1-4H3. The largest absolute Gasteiger partial charge is 0.394 e. The summed E-state index contributed by atoms with van der Waals surface area (Å²) in [5.41, 5.74) is 7.71. The third-order valence-electron chi connectivity index (χ3n) is 2.88. The number of nitrogens with one attached hydrogen (secondary N) is 1. The van der Waals surface area contributed by atoms with Crippen molar-refractivity contribution in [1.82, 2.24) is 24.5 Å². The molecule has 7 heteroatoms. The quantitative estimate of drug-likeness (QED) is 0.839. The summed E-state index contributed by atoms with van der Waals surface area (Å²) in [5, 5.41) is 15.5. The van der Waals surface area contributed by atoms with E-state index in [2.05, 4.69) is 34.5 Å². The predicted molar refractivity (Wildman–Crippen MR) is 70.0 cm³/mol. The van der Waals surface area contributed by atoms with Gasteiger partial charge in [-0.2, -0.15) is 5.10 Å². The SMILES string of the molecule is CC(C)c1nn(C)c(NCc2nncn2C)c1N. The van der Waals surface area contributed by atoms with Crippen molar-refractivity contribution < 1.29 is 0 Å². The zero-order valence-electron chi connectivity index (χ0n) is 11.2.